The molecular formula is C19H16ClN7O. The van der Waals surface area contributed by atoms with Crippen molar-refractivity contribution in [2.24, 2.45) is 0 Å². The zero-order chi connectivity index (χ0) is 20.1. The summed E-state index contributed by atoms with van der Waals surface area (Å²) in [6.07, 6.45) is 1.80. The molecule has 28 heavy (non-hydrogen) atoms. The number of ether oxygens (including phenoxy) is 1. The summed E-state index contributed by atoms with van der Waals surface area (Å²) < 4.78 is 7.24. The predicted octanol–water partition coefficient (Wildman–Crippen LogP) is 4.14. The van der Waals surface area contributed by atoms with Crippen LogP contribution in [0.25, 0.3) is 10.5 Å². The molecule has 0 bridgehead atoms. The fourth-order valence-electron chi connectivity index (χ4n) is 2.41. The van der Waals surface area contributed by atoms with E-state index in [1.165, 1.54) is 0 Å². The molecule has 0 aliphatic rings. The second-order valence-corrected chi connectivity index (χ2v) is 6.52. The molecule has 0 spiro atoms. The van der Waals surface area contributed by atoms with Crippen LogP contribution in [0, 0.1) is 17.9 Å². The van der Waals surface area contributed by atoms with Crippen molar-refractivity contribution in [3.8, 4) is 17.5 Å². The molecule has 0 fully saturated rings. The molecule has 3 rings (SSSR count). The first kappa shape index (κ1) is 19.2. The average Bonchev–Trinajstić information content (AvgIpc) is 3.16. The van der Waals surface area contributed by atoms with Crippen LogP contribution < -0.4 is 10.1 Å². The Morgan fingerprint density at radius 2 is 2.18 bits per heavy atom. The minimum atomic E-state index is 0.0329. The van der Waals surface area contributed by atoms with E-state index in [1.54, 1.807) is 35.1 Å². The summed E-state index contributed by atoms with van der Waals surface area (Å²) in [5.41, 5.74) is 2.23. The third-order valence-corrected chi connectivity index (χ3v) is 3.89. The maximum atomic E-state index is 9.00. The number of anilines is 1. The Balaban J connectivity index is 1.72. The number of nitriles is 1. The number of aromatic nitrogens is 4. The van der Waals surface area contributed by atoms with Crippen molar-refractivity contribution >= 4 is 23.1 Å². The van der Waals surface area contributed by atoms with Crippen LogP contribution in [-0.4, -0.2) is 26.1 Å². The summed E-state index contributed by atoms with van der Waals surface area (Å²) in [6, 6.07) is 10.5. The van der Waals surface area contributed by atoms with Crippen molar-refractivity contribution in [3.05, 3.63) is 64.4 Å². The van der Waals surface area contributed by atoms with E-state index in [2.05, 4.69) is 25.5 Å². The van der Waals surface area contributed by atoms with Gasteiger partial charge in [-0.1, -0.05) is 23.4 Å². The van der Waals surface area contributed by atoms with E-state index < -0.39 is 0 Å². The van der Waals surface area contributed by atoms with E-state index in [9.17, 15) is 0 Å². The Hall–Kier alpha value is -3.62. The number of halogens is 1. The molecule has 0 radical (unpaired) electrons. The average molecular weight is 394 g/mol. The Bertz CT molecular complexity index is 1050. The van der Waals surface area contributed by atoms with Crippen LogP contribution >= 0.6 is 11.6 Å². The fourth-order valence-corrected chi connectivity index (χ4v) is 2.63. The first-order chi connectivity index (χ1) is 13.5. The molecular weight excluding hydrogens is 378 g/mol. The van der Waals surface area contributed by atoms with Crippen LogP contribution in [0.4, 0.5) is 11.5 Å². The molecule has 9 heteroatoms. The molecule has 0 amide bonds. The number of nitrogens with one attached hydrogen (secondary N) is 1. The van der Waals surface area contributed by atoms with Crippen molar-refractivity contribution in [3.63, 3.8) is 0 Å². The van der Waals surface area contributed by atoms with Crippen LogP contribution in [-0.2, 0) is 6.54 Å². The fraction of sp³-hybridized carbons (Fsp3) is 0.211. The molecule has 2 aromatic heterocycles. The van der Waals surface area contributed by atoms with Gasteiger partial charge in [-0.15, -0.1) is 10.1 Å². The molecule has 0 unspecified atom stereocenters. The van der Waals surface area contributed by atoms with Gasteiger partial charge in [-0.25, -0.2) is 4.68 Å². The summed E-state index contributed by atoms with van der Waals surface area (Å²) >= 11 is 6.27. The highest BCUT2D eigenvalue weighted by atomic mass is 35.5. The molecule has 140 valence electrons. The maximum absolute atomic E-state index is 9.00. The van der Waals surface area contributed by atoms with Gasteiger partial charge >= 0.3 is 0 Å². The molecule has 0 saturated carbocycles. The SMILES string of the molecule is [C-]#[N+]c1cc(NCc2cn(-c3ccc(OC(C)C)c(Cl)c3)nn2)cc(C#N)n1. The number of benzene rings is 1. The van der Waals surface area contributed by atoms with Crippen molar-refractivity contribution in [1.82, 2.24) is 20.0 Å². The quantitative estimate of drug-likeness (QED) is 0.632. The summed E-state index contributed by atoms with van der Waals surface area (Å²) in [4.78, 5) is 7.16. The maximum Gasteiger partial charge on any atom is 0.273 e. The van der Waals surface area contributed by atoms with Gasteiger partial charge in [0.05, 0.1) is 29.6 Å². The smallest absolute Gasteiger partial charge is 0.273 e. The van der Waals surface area contributed by atoms with Gasteiger partial charge in [0.1, 0.15) is 17.5 Å². The van der Waals surface area contributed by atoms with E-state index >= 15 is 0 Å². The molecule has 0 atom stereocenters. The Morgan fingerprint density at radius 1 is 1.36 bits per heavy atom. The van der Waals surface area contributed by atoms with Gasteiger partial charge in [0.15, 0.2) is 0 Å². The van der Waals surface area contributed by atoms with E-state index in [0.29, 0.717) is 28.7 Å². The highest BCUT2D eigenvalue weighted by molar-refractivity contribution is 6.32. The second-order valence-electron chi connectivity index (χ2n) is 6.11. The standard InChI is InChI=1S/C19H16ClN7O/c1-12(2)28-18-5-4-16(8-17(18)20)27-11-15(25-26-27)10-23-13-6-14(9-21)24-19(7-13)22-3/h4-8,11-12H,10H2,1-2H3,(H,23,24). The van der Waals surface area contributed by atoms with Crippen LogP contribution in [0.1, 0.15) is 25.2 Å². The minimum absolute atomic E-state index is 0.0329. The number of nitrogens with zero attached hydrogens (tertiary/aromatic N) is 6. The second kappa shape index (κ2) is 8.38. The van der Waals surface area contributed by atoms with Crippen molar-refractivity contribution < 1.29 is 4.74 Å². The van der Waals surface area contributed by atoms with E-state index in [1.807, 2.05) is 26.0 Å². The molecule has 0 aliphatic carbocycles. The lowest BCUT2D eigenvalue weighted by Gasteiger charge is -2.12. The van der Waals surface area contributed by atoms with Crippen molar-refractivity contribution in [2.45, 2.75) is 26.5 Å². The van der Waals surface area contributed by atoms with Gasteiger partial charge in [-0.3, -0.25) is 0 Å². The summed E-state index contributed by atoms with van der Waals surface area (Å²) in [7, 11) is 0. The molecule has 1 N–H and O–H groups in total. The van der Waals surface area contributed by atoms with Gasteiger partial charge < -0.3 is 14.9 Å². The number of rotatable bonds is 6. The molecule has 3 aromatic rings. The summed E-state index contributed by atoms with van der Waals surface area (Å²) in [5, 5.41) is 20.9. The molecule has 8 nitrogen and oxygen atoms in total. The third kappa shape index (κ3) is 4.56. The summed E-state index contributed by atoms with van der Waals surface area (Å²) in [5.74, 6) is 0.771. The Labute approximate surface area is 167 Å². The zero-order valence-electron chi connectivity index (χ0n) is 15.2. The van der Waals surface area contributed by atoms with Crippen molar-refractivity contribution in [2.75, 3.05) is 5.32 Å². The van der Waals surface area contributed by atoms with Crippen molar-refractivity contribution in [1.29, 1.82) is 5.26 Å². The topological polar surface area (TPSA) is 93.0 Å². The van der Waals surface area contributed by atoms with Gasteiger partial charge in [0.25, 0.3) is 5.82 Å². The summed E-state index contributed by atoms with van der Waals surface area (Å²) in [6.45, 7) is 11.3. The van der Waals surface area contributed by atoms with Gasteiger partial charge in [-0.2, -0.15) is 5.26 Å². The lowest BCUT2D eigenvalue weighted by Crippen LogP contribution is -2.06. The van der Waals surface area contributed by atoms with Crippen LogP contribution in [0.3, 0.4) is 0 Å². The molecule has 1 aromatic carbocycles. The van der Waals surface area contributed by atoms with Crippen LogP contribution in [0.15, 0.2) is 36.5 Å². The first-order valence-corrected chi connectivity index (χ1v) is 8.77. The first-order valence-electron chi connectivity index (χ1n) is 8.40. The Kier molecular flexibility index (Phi) is 5.73. The van der Waals surface area contributed by atoms with Gasteiger partial charge in [0, 0.05) is 11.8 Å². The normalized spacial score (nSPS) is 10.4. The number of pyridine rings is 1. The molecule has 0 saturated heterocycles. The molecule has 0 aliphatic heterocycles. The lowest BCUT2D eigenvalue weighted by atomic mass is 10.3. The third-order valence-electron chi connectivity index (χ3n) is 3.60. The van der Waals surface area contributed by atoms with Crippen LogP contribution in [0.2, 0.25) is 5.02 Å². The minimum Gasteiger partial charge on any atom is -0.489 e. The molecule has 2 heterocycles. The Morgan fingerprint density at radius 3 is 2.86 bits per heavy atom. The number of hydrogen-bond donors (Lipinski definition) is 1. The van der Waals surface area contributed by atoms with Gasteiger partial charge in [0.2, 0.25) is 5.69 Å². The lowest BCUT2D eigenvalue weighted by molar-refractivity contribution is 0.242. The highest BCUT2D eigenvalue weighted by Crippen LogP contribution is 2.27. The van der Waals surface area contributed by atoms with E-state index in [4.69, 9.17) is 28.2 Å². The highest BCUT2D eigenvalue weighted by Gasteiger charge is 2.09. The largest absolute Gasteiger partial charge is 0.489 e. The van der Waals surface area contributed by atoms with Crippen LogP contribution in [0.5, 0.6) is 5.75 Å². The number of hydrogen-bond acceptors (Lipinski definition) is 6. The zero-order valence-corrected chi connectivity index (χ0v) is 16.0. The monoisotopic (exact) mass is 393 g/mol. The predicted molar refractivity (Wildman–Crippen MR) is 105 cm³/mol. The van der Waals surface area contributed by atoms with Gasteiger partial charge in [-0.05, 0) is 38.1 Å². The van der Waals surface area contributed by atoms with E-state index in [-0.39, 0.29) is 17.6 Å². The van der Waals surface area contributed by atoms with E-state index in [0.717, 1.165) is 5.69 Å².